The average molecular weight is 297 g/mol. The van der Waals surface area contributed by atoms with E-state index in [4.69, 9.17) is 5.73 Å². The highest BCUT2D eigenvalue weighted by Gasteiger charge is 2.30. The highest BCUT2D eigenvalue weighted by Crippen LogP contribution is 2.37. The van der Waals surface area contributed by atoms with E-state index in [-0.39, 0.29) is 0 Å². The van der Waals surface area contributed by atoms with Gasteiger partial charge in [0.05, 0.1) is 5.56 Å². The van der Waals surface area contributed by atoms with E-state index in [9.17, 15) is 13.2 Å². The van der Waals surface area contributed by atoms with Gasteiger partial charge in [0.2, 0.25) is 0 Å². The minimum absolute atomic E-state index is 0.566. The molecule has 0 radical (unpaired) electrons. The monoisotopic (exact) mass is 297 g/mol. The van der Waals surface area contributed by atoms with Gasteiger partial charge in [0.15, 0.2) is 0 Å². The number of aryl methyl sites for hydroxylation is 2. The number of hydrogen-bond acceptors (Lipinski definition) is 2. The van der Waals surface area contributed by atoms with Crippen LogP contribution in [0.15, 0.2) is 46.2 Å². The fourth-order valence-corrected chi connectivity index (χ4v) is 3.01. The minimum atomic E-state index is -4.32. The first kappa shape index (κ1) is 14.8. The maximum Gasteiger partial charge on any atom is 0.416 e. The van der Waals surface area contributed by atoms with Crippen molar-refractivity contribution in [3.8, 4) is 0 Å². The van der Waals surface area contributed by atoms with E-state index in [0.29, 0.717) is 10.6 Å². The minimum Gasteiger partial charge on any atom is -0.399 e. The van der Waals surface area contributed by atoms with E-state index >= 15 is 0 Å². The number of alkyl halides is 3. The quantitative estimate of drug-likeness (QED) is 0.784. The Bertz CT molecular complexity index is 612. The van der Waals surface area contributed by atoms with Crippen molar-refractivity contribution in [1.29, 1.82) is 0 Å². The van der Waals surface area contributed by atoms with E-state index < -0.39 is 11.7 Å². The Hall–Kier alpha value is -1.62. The van der Waals surface area contributed by atoms with Crippen LogP contribution in [0, 0.1) is 13.8 Å². The van der Waals surface area contributed by atoms with Gasteiger partial charge in [-0.2, -0.15) is 13.2 Å². The molecule has 0 aliphatic carbocycles. The molecule has 20 heavy (non-hydrogen) atoms. The fourth-order valence-electron chi connectivity index (χ4n) is 2.00. The highest BCUT2D eigenvalue weighted by atomic mass is 32.2. The first-order valence-electron chi connectivity index (χ1n) is 5.99. The normalized spacial score (nSPS) is 11.7. The van der Waals surface area contributed by atoms with Crippen LogP contribution in [0.25, 0.3) is 0 Å². The number of nitrogens with two attached hydrogens (primary N) is 1. The summed E-state index contributed by atoms with van der Waals surface area (Å²) in [7, 11) is 0. The smallest absolute Gasteiger partial charge is 0.399 e. The Morgan fingerprint density at radius 2 is 1.60 bits per heavy atom. The van der Waals surface area contributed by atoms with Crippen LogP contribution in [-0.2, 0) is 6.18 Å². The van der Waals surface area contributed by atoms with Crippen LogP contribution in [-0.4, -0.2) is 0 Å². The van der Waals surface area contributed by atoms with E-state index in [2.05, 4.69) is 0 Å². The molecule has 2 N–H and O–H groups in total. The molecule has 0 heterocycles. The third kappa shape index (κ3) is 3.28. The number of nitrogen functional groups attached to an aromatic ring is 1. The molecule has 0 aliphatic rings. The Balaban J connectivity index is 2.36. The molecule has 0 fully saturated rings. The topological polar surface area (TPSA) is 26.0 Å². The predicted molar refractivity (Wildman–Crippen MR) is 75.9 cm³/mol. The molecule has 0 amide bonds. The van der Waals surface area contributed by atoms with Crippen molar-refractivity contribution >= 4 is 17.4 Å². The second-order valence-corrected chi connectivity index (χ2v) is 5.70. The van der Waals surface area contributed by atoms with Crippen LogP contribution in [0.2, 0.25) is 0 Å². The maximum atomic E-state index is 12.7. The van der Waals surface area contributed by atoms with Gasteiger partial charge in [-0.25, -0.2) is 0 Å². The van der Waals surface area contributed by atoms with Gasteiger partial charge in [-0.3, -0.25) is 0 Å². The molecular formula is C15H14F3NS. The predicted octanol–water partition coefficient (Wildman–Crippen LogP) is 5.06. The average Bonchev–Trinajstić information content (AvgIpc) is 2.33. The lowest BCUT2D eigenvalue weighted by Crippen LogP contribution is -2.04. The summed E-state index contributed by atoms with van der Waals surface area (Å²) in [4.78, 5) is 1.51. The highest BCUT2D eigenvalue weighted by molar-refractivity contribution is 7.99. The van der Waals surface area contributed by atoms with Gasteiger partial charge in [-0.1, -0.05) is 17.8 Å². The molecule has 0 aliphatic heterocycles. The van der Waals surface area contributed by atoms with Gasteiger partial charge in [0, 0.05) is 15.5 Å². The third-order valence-electron chi connectivity index (χ3n) is 2.86. The Kier molecular flexibility index (Phi) is 3.99. The molecule has 0 aromatic heterocycles. The van der Waals surface area contributed by atoms with Gasteiger partial charge in [-0.15, -0.1) is 0 Å². The summed E-state index contributed by atoms with van der Waals surface area (Å²) in [6, 6.07) is 8.99. The molecule has 2 aromatic rings. The first-order chi connectivity index (χ1) is 9.27. The fraction of sp³-hybridized carbons (Fsp3) is 0.200. The summed E-state index contributed by atoms with van der Waals surface area (Å²) in [5.41, 5.74) is 7.70. The van der Waals surface area contributed by atoms with Crippen molar-refractivity contribution in [3.05, 3.63) is 53.1 Å². The van der Waals surface area contributed by atoms with Crippen LogP contribution >= 0.6 is 11.8 Å². The molecule has 2 aromatic carbocycles. The van der Waals surface area contributed by atoms with E-state index in [1.807, 2.05) is 26.0 Å². The van der Waals surface area contributed by atoms with Crippen LogP contribution in [0.3, 0.4) is 0 Å². The summed E-state index contributed by atoms with van der Waals surface area (Å²) < 4.78 is 38.1. The third-order valence-corrected chi connectivity index (χ3v) is 4.20. The number of rotatable bonds is 2. The lowest BCUT2D eigenvalue weighted by molar-refractivity contribution is -0.137. The molecule has 106 valence electrons. The van der Waals surface area contributed by atoms with Crippen molar-refractivity contribution in [2.24, 2.45) is 0 Å². The Morgan fingerprint density at radius 1 is 1.00 bits per heavy atom. The van der Waals surface area contributed by atoms with Gasteiger partial charge in [0.25, 0.3) is 0 Å². The van der Waals surface area contributed by atoms with Gasteiger partial charge in [-0.05, 0) is 55.3 Å². The zero-order valence-corrected chi connectivity index (χ0v) is 11.9. The number of anilines is 1. The summed E-state index contributed by atoms with van der Waals surface area (Å²) >= 11 is 1.32. The van der Waals surface area contributed by atoms with Crippen LogP contribution < -0.4 is 5.73 Å². The summed E-state index contributed by atoms with van der Waals surface area (Å²) in [6.07, 6.45) is -4.32. The molecule has 5 heteroatoms. The second kappa shape index (κ2) is 5.40. The van der Waals surface area contributed by atoms with Crippen LogP contribution in [0.5, 0.6) is 0 Å². The van der Waals surface area contributed by atoms with E-state index in [1.165, 1.54) is 23.9 Å². The van der Waals surface area contributed by atoms with Crippen molar-refractivity contribution in [2.45, 2.75) is 29.8 Å². The molecule has 2 rings (SSSR count). The molecule has 0 saturated carbocycles. The van der Waals surface area contributed by atoms with Crippen LogP contribution in [0.1, 0.15) is 16.7 Å². The maximum absolute atomic E-state index is 12.7. The van der Waals surface area contributed by atoms with Crippen LogP contribution in [0.4, 0.5) is 18.9 Å². The largest absolute Gasteiger partial charge is 0.416 e. The second-order valence-electron chi connectivity index (χ2n) is 4.61. The van der Waals surface area contributed by atoms with Gasteiger partial charge in [0.1, 0.15) is 0 Å². The molecule has 1 nitrogen and oxygen atoms in total. The number of benzene rings is 2. The van der Waals surface area contributed by atoms with Crippen molar-refractivity contribution in [1.82, 2.24) is 0 Å². The van der Waals surface area contributed by atoms with Crippen molar-refractivity contribution in [3.63, 3.8) is 0 Å². The number of halogens is 3. The zero-order chi connectivity index (χ0) is 14.9. The lowest BCUT2D eigenvalue weighted by Gasteiger charge is -2.12. The molecule has 0 atom stereocenters. The summed E-state index contributed by atoms with van der Waals surface area (Å²) in [6.45, 7) is 3.80. The van der Waals surface area contributed by atoms with Crippen molar-refractivity contribution < 1.29 is 13.2 Å². The number of hydrogen-bond donors (Lipinski definition) is 1. The Labute approximate surface area is 120 Å². The molecular weight excluding hydrogens is 283 g/mol. The van der Waals surface area contributed by atoms with Gasteiger partial charge < -0.3 is 5.73 Å². The molecule has 0 unspecified atom stereocenters. The standard InChI is InChI=1S/C15H14F3NS/c1-9-6-12(19)7-10(2)14(9)20-13-5-3-4-11(8-13)15(16,17)18/h3-8H,19H2,1-2H3. The summed E-state index contributed by atoms with van der Waals surface area (Å²) in [5, 5.41) is 0. The van der Waals surface area contributed by atoms with E-state index in [0.717, 1.165) is 22.1 Å². The summed E-state index contributed by atoms with van der Waals surface area (Å²) in [5.74, 6) is 0. The molecule has 0 saturated heterocycles. The van der Waals surface area contributed by atoms with Crippen molar-refractivity contribution in [2.75, 3.05) is 5.73 Å². The first-order valence-corrected chi connectivity index (χ1v) is 6.81. The molecule has 0 bridgehead atoms. The molecule has 0 spiro atoms. The Morgan fingerprint density at radius 3 is 2.15 bits per heavy atom. The SMILES string of the molecule is Cc1cc(N)cc(C)c1Sc1cccc(C(F)(F)F)c1. The lowest BCUT2D eigenvalue weighted by atomic mass is 10.1. The van der Waals surface area contributed by atoms with E-state index in [1.54, 1.807) is 6.07 Å². The van der Waals surface area contributed by atoms with Gasteiger partial charge >= 0.3 is 6.18 Å². The zero-order valence-electron chi connectivity index (χ0n) is 11.1.